The number of esters is 2. The van der Waals surface area contributed by atoms with Gasteiger partial charge in [0, 0.05) is 40.8 Å². The Bertz CT molecular complexity index is 2780. The number of aromatic amines is 1. The van der Waals surface area contributed by atoms with Crippen LogP contribution in [0.15, 0.2) is 95.5 Å². The molecule has 1 atom stereocenters. The summed E-state index contributed by atoms with van der Waals surface area (Å²) in [4.78, 5) is 62.5. The van der Waals surface area contributed by atoms with E-state index < -0.39 is 23.1 Å². The number of hydrogen-bond donors (Lipinski definition) is 5. The predicted octanol–water partition coefficient (Wildman–Crippen LogP) is 13.1. The number of alkyl halides is 1. The highest BCUT2D eigenvalue weighted by Gasteiger charge is 2.26. The van der Waals surface area contributed by atoms with Crippen molar-refractivity contribution in [1.29, 1.82) is 5.41 Å². The van der Waals surface area contributed by atoms with Crippen LogP contribution in [0.1, 0.15) is 67.6 Å². The van der Waals surface area contributed by atoms with Crippen molar-refractivity contribution in [3.05, 3.63) is 135 Å². The van der Waals surface area contributed by atoms with Gasteiger partial charge in [0.25, 0.3) is 5.56 Å². The SMILES string of the molecule is CCOC(=O)C(Cc1cc(Br)ccc1OC)C(C)=O.CCOC(=O)CC(C)=O.COc1ccc(Br)cc1C.COc1ccc(Br)cc1CBr.COc1ccc(Br)cc1Cc1c(C)nc(N)[nH]c1=O.N=C(N)N.O=P(Cl)(Cl)Cl. The summed E-state index contributed by atoms with van der Waals surface area (Å²) in [5, 5.41) is 3.65. The number of hydrogen-bond acceptors (Lipinski definition) is 15. The van der Waals surface area contributed by atoms with E-state index in [0.717, 1.165) is 62.7 Å². The monoisotopic (exact) mass is 1470 g/mol. The third-order valence-electron chi connectivity index (χ3n) is 9.02. The van der Waals surface area contributed by atoms with E-state index in [4.69, 9.17) is 34.8 Å². The lowest BCUT2D eigenvalue weighted by Crippen LogP contribution is -2.26. The molecule has 0 spiro atoms. The first-order chi connectivity index (χ1) is 35.9. The second-order valence-electron chi connectivity index (χ2n) is 15.0. The molecule has 27 heteroatoms. The highest BCUT2D eigenvalue weighted by molar-refractivity contribution is 9.11. The fraction of sp³-hybridized carbons (Fsp3) is 0.340. The molecule has 0 saturated heterocycles. The fourth-order valence-corrected chi connectivity index (χ4v) is 7.93. The lowest BCUT2D eigenvalue weighted by molar-refractivity contribution is -0.151. The van der Waals surface area contributed by atoms with Gasteiger partial charge in [-0.1, -0.05) is 79.6 Å². The van der Waals surface area contributed by atoms with Crippen LogP contribution >= 0.6 is 119 Å². The number of methoxy groups -OCH3 is 4. The van der Waals surface area contributed by atoms with E-state index in [-0.39, 0.29) is 48.5 Å². The van der Waals surface area contributed by atoms with Crippen molar-refractivity contribution in [1.82, 2.24) is 9.97 Å². The van der Waals surface area contributed by atoms with Gasteiger partial charge in [-0.05, 0) is 171 Å². The minimum absolute atomic E-state index is 0.103. The summed E-state index contributed by atoms with van der Waals surface area (Å²) >= 11 is 30.8. The number of Topliss-reactive ketones (excluding diaryl/α,β-unsaturated/α-hetero) is 2. The van der Waals surface area contributed by atoms with Gasteiger partial charge in [0.2, 0.25) is 5.95 Å². The van der Waals surface area contributed by atoms with Crippen LogP contribution < -0.4 is 41.7 Å². The second-order valence-corrected chi connectivity index (χ2v) is 25.8. The van der Waals surface area contributed by atoms with Gasteiger partial charge in [0.1, 0.15) is 46.9 Å². The zero-order valence-corrected chi connectivity index (χ0v) is 54.9. The molecule has 77 heavy (non-hydrogen) atoms. The van der Waals surface area contributed by atoms with Crippen LogP contribution in [-0.4, -0.2) is 81.1 Å². The molecule has 4 aromatic carbocycles. The van der Waals surface area contributed by atoms with Crippen LogP contribution in [0.3, 0.4) is 0 Å². The van der Waals surface area contributed by atoms with Crippen LogP contribution in [0.4, 0.5) is 5.95 Å². The van der Waals surface area contributed by atoms with Crippen molar-refractivity contribution < 1.29 is 52.2 Å². The number of nitrogen functional groups attached to an aromatic ring is 1. The molecular formula is C50H63Br5Cl3N6O12P. The summed E-state index contributed by atoms with van der Waals surface area (Å²) in [7, 11) is 6.51. The Hall–Kier alpha value is -4.19. The number of ketones is 2. The number of ether oxygens (including phenoxy) is 6. The van der Waals surface area contributed by atoms with Crippen molar-refractivity contribution in [2.75, 3.05) is 47.4 Å². The first-order valence-corrected chi connectivity index (χ1v) is 30.9. The van der Waals surface area contributed by atoms with Gasteiger partial charge in [0.15, 0.2) is 5.96 Å². The summed E-state index contributed by atoms with van der Waals surface area (Å²) in [5.74, 6) is 0.956. The maximum atomic E-state index is 11.9. The average molecular weight is 1480 g/mol. The standard InChI is InChI=1S/C14H17BrO4.C13H14BrN3O2.C8H8Br2O.C8H9BrO.C6H10O3.CH5N3.Cl3OP/c1-4-19-14(17)12(9(2)16)8-10-7-11(15)5-6-13(10)18-3;1-7-10(12(18)17-13(15)16-7)6-8-5-9(14)3-4-11(8)19-2;1-11-8-3-2-7(10)4-6(8)5-9;1-6-5-7(9)3-4-8(6)10-2;1-3-9-6(8)4-5(2)7;2-1(3)4;1-5(2,3)4/h5-7,12H,4,8H2,1-3H3;3-5H,6H2,1-2H3,(H3,15,16,17,18);2-4H,5H2,1H3;3-5H,1-2H3;3-4H2,1-2H3;(H5,2,3,4);. The van der Waals surface area contributed by atoms with Crippen molar-refractivity contribution >= 4 is 154 Å². The fourth-order valence-electron chi connectivity index (χ4n) is 5.79. The van der Waals surface area contributed by atoms with Gasteiger partial charge in [-0.15, -0.1) is 0 Å². The maximum Gasteiger partial charge on any atom is 0.339 e. The molecule has 0 radical (unpaired) electrons. The van der Waals surface area contributed by atoms with Crippen molar-refractivity contribution in [2.24, 2.45) is 17.4 Å². The largest absolute Gasteiger partial charge is 0.496 e. The molecule has 0 fully saturated rings. The highest BCUT2D eigenvalue weighted by atomic mass is 79.9. The van der Waals surface area contributed by atoms with E-state index in [9.17, 15) is 28.5 Å². The van der Waals surface area contributed by atoms with E-state index in [0.29, 0.717) is 30.0 Å². The Morgan fingerprint density at radius 1 is 0.701 bits per heavy atom. The molecule has 1 aromatic heterocycles. The molecule has 18 nitrogen and oxygen atoms in total. The van der Waals surface area contributed by atoms with Crippen molar-refractivity contribution in [3.63, 3.8) is 0 Å². The maximum absolute atomic E-state index is 11.9. The van der Waals surface area contributed by atoms with E-state index >= 15 is 0 Å². The number of carbonyl (C=O) groups is 4. The summed E-state index contributed by atoms with van der Waals surface area (Å²) in [6, 6.07) is 23.0. The molecule has 0 bridgehead atoms. The number of benzene rings is 4. The number of rotatable bonds is 15. The minimum Gasteiger partial charge on any atom is -0.496 e. The number of nitrogens with one attached hydrogen (secondary N) is 2. The van der Waals surface area contributed by atoms with Crippen LogP contribution in [0.2, 0.25) is 0 Å². The zero-order valence-electron chi connectivity index (χ0n) is 43.8. The Balaban J connectivity index is 0. The van der Waals surface area contributed by atoms with Gasteiger partial charge in [-0.25, -0.2) is 4.98 Å². The van der Waals surface area contributed by atoms with Crippen LogP contribution in [0, 0.1) is 25.2 Å². The van der Waals surface area contributed by atoms with Crippen molar-refractivity contribution in [2.45, 2.75) is 66.1 Å². The van der Waals surface area contributed by atoms with Crippen LogP contribution in [0.5, 0.6) is 23.0 Å². The van der Waals surface area contributed by atoms with E-state index in [1.54, 1.807) is 55.3 Å². The third-order valence-corrected chi connectivity index (χ3v) is 11.6. The molecule has 5 rings (SSSR count). The zero-order chi connectivity index (χ0) is 59.6. The molecule has 0 aliphatic heterocycles. The number of aromatic nitrogens is 2. The number of halogens is 8. The Morgan fingerprint density at radius 3 is 1.47 bits per heavy atom. The number of nitrogens with two attached hydrogens (primary N) is 3. The molecule has 0 amide bonds. The topological polar surface area (TPSA) is 288 Å². The van der Waals surface area contributed by atoms with Gasteiger partial charge in [-0.3, -0.25) is 38.9 Å². The first-order valence-electron chi connectivity index (χ1n) is 22.2. The number of carbonyl (C=O) groups excluding carboxylic acids is 4. The quantitative estimate of drug-likeness (QED) is 0.0163. The van der Waals surface area contributed by atoms with Gasteiger partial charge >= 0.3 is 17.1 Å². The summed E-state index contributed by atoms with van der Waals surface area (Å²) in [6.07, 6.45) is 0.613. The Labute approximate surface area is 505 Å². The smallest absolute Gasteiger partial charge is 0.339 e. The van der Waals surface area contributed by atoms with E-state index in [1.807, 2.05) is 73.7 Å². The summed E-state index contributed by atoms with van der Waals surface area (Å²) < 4.78 is 43.7. The number of guanidine groups is 1. The lowest BCUT2D eigenvalue weighted by atomic mass is 9.95. The molecule has 8 N–H and O–H groups in total. The molecule has 0 aliphatic carbocycles. The first kappa shape index (κ1) is 74.9. The molecule has 426 valence electrons. The Morgan fingerprint density at radius 2 is 1.09 bits per heavy atom. The Kier molecular flexibility index (Phi) is 39.8. The summed E-state index contributed by atoms with van der Waals surface area (Å²) in [5.41, 5.74) is 19.5. The second kappa shape index (κ2) is 40.9. The normalized spacial score (nSPS) is 10.2. The lowest BCUT2D eigenvalue weighted by Gasteiger charge is -2.15. The number of anilines is 1. The summed E-state index contributed by atoms with van der Waals surface area (Å²) in [6.45, 7) is 10.6. The average Bonchev–Trinajstić information content (AvgIpc) is 3.32. The molecule has 0 saturated carbocycles. The van der Waals surface area contributed by atoms with Gasteiger partial charge in [0.05, 0.1) is 47.3 Å². The molecule has 1 heterocycles. The van der Waals surface area contributed by atoms with Crippen molar-refractivity contribution in [3.8, 4) is 23.0 Å². The molecule has 0 aliphatic rings. The molecule has 1 unspecified atom stereocenters. The van der Waals surface area contributed by atoms with Crippen LogP contribution in [0.25, 0.3) is 0 Å². The molecular weight excluding hydrogens is 1410 g/mol. The number of nitrogens with zero attached hydrogens (tertiary/aromatic N) is 1. The van der Waals surface area contributed by atoms with E-state index in [1.165, 1.54) is 13.8 Å². The number of aryl methyl sites for hydroxylation is 2. The van der Waals surface area contributed by atoms with E-state index in [2.05, 4.69) is 140 Å². The molecule has 5 aromatic rings. The number of H-pyrrole nitrogens is 1. The van der Waals surface area contributed by atoms with Gasteiger partial charge in [-0.2, -0.15) is 0 Å². The highest BCUT2D eigenvalue weighted by Crippen LogP contribution is 2.61. The predicted molar refractivity (Wildman–Crippen MR) is 325 cm³/mol. The van der Waals surface area contributed by atoms with Crippen LogP contribution in [-0.2, 0) is 51.4 Å². The van der Waals surface area contributed by atoms with Gasteiger partial charge < -0.3 is 45.6 Å². The minimum atomic E-state index is -3.22. The third kappa shape index (κ3) is 35.1.